The van der Waals surface area contributed by atoms with Gasteiger partial charge in [0.2, 0.25) is 0 Å². The number of halogens is 4. The van der Waals surface area contributed by atoms with Crippen LogP contribution in [-0.4, -0.2) is 44.0 Å². The third-order valence-corrected chi connectivity index (χ3v) is 6.56. The fourth-order valence-electron chi connectivity index (χ4n) is 4.96. The number of benzene rings is 2. The summed E-state index contributed by atoms with van der Waals surface area (Å²) in [5.41, 5.74) is -0.0105. The highest BCUT2D eigenvalue weighted by atomic mass is 19.1. The number of aliphatic carboxylic acids is 1. The maximum atomic E-state index is 15.5. The van der Waals surface area contributed by atoms with E-state index < -0.39 is 35.1 Å². The van der Waals surface area contributed by atoms with Crippen LogP contribution >= 0.6 is 0 Å². The van der Waals surface area contributed by atoms with Gasteiger partial charge in [0.1, 0.15) is 23.1 Å². The molecule has 0 radical (unpaired) electrons. The largest absolute Gasteiger partial charge is 0.478 e. The second-order valence-electron chi connectivity index (χ2n) is 10.0. The van der Waals surface area contributed by atoms with Crippen LogP contribution in [0.25, 0.3) is 17.2 Å². The molecule has 2 heterocycles. The summed E-state index contributed by atoms with van der Waals surface area (Å²) < 4.78 is 63.0. The molecule has 1 N–H and O–H groups in total. The molecule has 0 bridgehead atoms. The van der Waals surface area contributed by atoms with Crippen molar-refractivity contribution in [1.29, 1.82) is 0 Å². The predicted octanol–water partition coefficient (Wildman–Crippen LogP) is 6.17. The Morgan fingerprint density at radius 1 is 1.16 bits per heavy atom. The average molecular weight is 516 g/mol. The second-order valence-corrected chi connectivity index (χ2v) is 10.0. The van der Waals surface area contributed by atoms with Crippen molar-refractivity contribution in [2.75, 3.05) is 6.54 Å². The SMILES string of the molecule is CCn1cc(-c2cc3c(cc2F)[C@H](c2c(F)cc(/C=C/C(=O)O)cc2F)N(CC(C)(C)F)[C@@H](C)C3)cn1. The molecule has 0 spiro atoms. The molecule has 1 aromatic heterocycles. The first kappa shape index (κ1) is 26.6. The molecular weight excluding hydrogens is 486 g/mol. The Hall–Kier alpha value is -3.46. The first-order chi connectivity index (χ1) is 17.4. The number of aryl methyl sites for hydroxylation is 1. The fourth-order valence-corrected chi connectivity index (χ4v) is 4.96. The molecule has 1 aliphatic rings. The summed E-state index contributed by atoms with van der Waals surface area (Å²) in [4.78, 5) is 12.5. The van der Waals surface area contributed by atoms with Crippen LogP contribution in [0.15, 0.2) is 42.7 Å². The van der Waals surface area contributed by atoms with Crippen molar-refractivity contribution in [3.8, 4) is 11.1 Å². The Labute approximate surface area is 213 Å². The molecule has 196 valence electrons. The number of rotatable bonds is 7. The van der Waals surface area contributed by atoms with Crippen molar-refractivity contribution in [1.82, 2.24) is 14.7 Å². The zero-order chi connectivity index (χ0) is 27.1. The summed E-state index contributed by atoms with van der Waals surface area (Å²) in [5, 5.41) is 13.1. The average Bonchev–Trinajstić information content (AvgIpc) is 3.27. The number of hydrogen-bond acceptors (Lipinski definition) is 3. The number of alkyl halides is 1. The van der Waals surface area contributed by atoms with E-state index in [1.54, 1.807) is 28.0 Å². The van der Waals surface area contributed by atoms with Crippen LogP contribution in [0.2, 0.25) is 0 Å². The predicted molar refractivity (Wildman–Crippen MR) is 133 cm³/mol. The van der Waals surface area contributed by atoms with E-state index in [0.717, 1.165) is 24.3 Å². The molecule has 0 fully saturated rings. The highest BCUT2D eigenvalue weighted by molar-refractivity contribution is 5.85. The molecule has 5 nitrogen and oxygen atoms in total. The van der Waals surface area contributed by atoms with Crippen molar-refractivity contribution >= 4 is 12.0 Å². The fraction of sp³-hybridized carbons (Fsp3) is 0.357. The number of aromatic nitrogens is 2. The van der Waals surface area contributed by atoms with Crippen molar-refractivity contribution in [2.24, 2.45) is 0 Å². The highest BCUT2D eigenvalue weighted by Gasteiger charge is 2.39. The Bertz CT molecular complexity index is 1340. The Morgan fingerprint density at radius 3 is 2.41 bits per heavy atom. The molecular formula is C28H29F4N3O2. The number of carboxylic acids is 1. The van der Waals surface area contributed by atoms with Gasteiger partial charge in [-0.05, 0) is 81.1 Å². The van der Waals surface area contributed by atoms with E-state index in [1.165, 1.54) is 19.9 Å². The minimum Gasteiger partial charge on any atom is -0.478 e. The van der Waals surface area contributed by atoms with E-state index >= 15 is 13.2 Å². The molecule has 4 rings (SSSR count). The van der Waals surface area contributed by atoms with Crippen molar-refractivity contribution in [2.45, 2.75) is 58.4 Å². The monoisotopic (exact) mass is 515 g/mol. The molecule has 37 heavy (non-hydrogen) atoms. The van der Waals surface area contributed by atoms with Gasteiger partial charge in [-0.25, -0.2) is 22.4 Å². The zero-order valence-corrected chi connectivity index (χ0v) is 21.1. The van der Waals surface area contributed by atoms with E-state index in [0.29, 0.717) is 35.2 Å². The van der Waals surface area contributed by atoms with Gasteiger partial charge in [0, 0.05) is 48.1 Å². The van der Waals surface area contributed by atoms with Gasteiger partial charge in [-0.1, -0.05) is 0 Å². The summed E-state index contributed by atoms with van der Waals surface area (Å²) >= 11 is 0. The summed E-state index contributed by atoms with van der Waals surface area (Å²) in [5.74, 6) is -3.68. The quantitative estimate of drug-likeness (QED) is 0.302. The second kappa shape index (κ2) is 10.1. The van der Waals surface area contributed by atoms with Gasteiger partial charge in [-0.2, -0.15) is 5.10 Å². The molecule has 3 aromatic rings. The number of hydrogen-bond donors (Lipinski definition) is 1. The Balaban J connectivity index is 1.89. The minimum absolute atomic E-state index is 0.0251. The van der Waals surface area contributed by atoms with Crippen molar-refractivity contribution < 1.29 is 27.5 Å². The van der Waals surface area contributed by atoms with Crippen LogP contribution in [-0.2, 0) is 17.8 Å². The molecule has 0 amide bonds. The van der Waals surface area contributed by atoms with Gasteiger partial charge in [0.25, 0.3) is 0 Å². The van der Waals surface area contributed by atoms with E-state index in [4.69, 9.17) is 5.11 Å². The first-order valence-electron chi connectivity index (χ1n) is 12.1. The van der Waals surface area contributed by atoms with E-state index in [9.17, 15) is 9.18 Å². The molecule has 0 unspecified atom stereocenters. The first-order valence-corrected chi connectivity index (χ1v) is 12.1. The lowest BCUT2D eigenvalue weighted by Gasteiger charge is -2.44. The van der Waals surface area contributed by atoms with Gasteiger partial charge < -0.3 is 5.11 Å². The number of carbonyl (C=O) groups is 1. The molecule has 0 saturated carbocycles. The van der Waals surface area contributed by atoms with Crippen LogP contribution in [0.4, 0.5) is 17.6 Å². The molecule has 9 heteroatoms. The van der Waals surface area contributed by atoms with Gasteiger partial charge in [-0.15, -0.1) is 0 Å². The topological polar surface area (TPSA) is 58.4 Å². The van der Waals surface area contributed by atoms with Crippen molar-refractivity contribution in [3.63, 3.8) is 0 Å². The van der Waals surface area contributed by atoms with Gasteiger partial charge in [0.15, 0.2) is 0 Å². The molecule has 2 aromatic carbocycles. The Morgan fingerprint density at radius 2 is 1.84 bits per heavy atom. The smallest absolute Gasteiger partial charge is 0.328 e. The maximum absolute atomic E-state index is 15.5. The van der Waals surface area contributed by atoms with E-state index in [-0.39, 0.29) is 23.7 Å². The van der Waals surface area contributed by atoms with Crippen LogP contribution in [0.5, 0.6) is 0 Å². The summed E-state index contributed by atoms with van der Waals surface area (Å²) in [6.07, 6.45) is 5.59. The molecule has 2 atom stereocenters. The molecule has 0 aliphatic carbocycles. The summed E-state index contributed by atoms with van der Waals surface area (Å²) in [6, 6.07) is 3.62. The van der Waals surface area contributed by atoms with Crippen LogP contribution in [0, 0.1) is 17.5 Å². The number of nitrogens with zero attached hydrogens (tertiary/aromatic N) is 3. The molecule has 1 aliphatic heterocycles. The van der Waals surface area contributed by atoms with Crippen LogP contribution in [0.1, 0.15) is 56.0 Å². The number of carboxylic acid groups (broad SMARTS) is 1. The van der Waals surface area contributed by atoms with Gasteiger partial charge >= 0.3 is 5.97 Å². The normalized spacial score (nSPS) is 18.4. The Kier molecular flexibility index (Phi) is 7.28. The van der Waals surface area contributed by atoms with Gasteiger partial charge in [-0.3, -0.25) is 9.58 Å². The van der Waals surface area contributed by atoms with Crippen LogP contribution < -0.4 is 0 Å². The minimum atomic E-state index is -1.69. The lowest BCUT2D eigenvalue weighted by molar-refractivity contribution is -0.131. The van der Waals surface area contributed by atoms with Crippen molar-refractivity contribution in [3.05, 3.63) is 82.4 Å². The van der Waals surface area contributed by atoms with Crippen LogP contribution in [0.3, 0.4) is 0 Å². The summed E-state index contributed by atoms with van der Waals surface area (Å²) in [6.45, 7) is 7.01. The standard InChI is InChI=1S/C28H29F4N3O2/c1-5-34-14-19(13-33-34)20-11-18-8-16(2)35(15-28(3,4)32)27(21(18)12-22(20)29)26-23(30)9-17(10-24(26)31)6-7-25(36)37/h6-7,9-14,16,27H,5,8,15H2,1-4H3,(H,36,37)/b7-6+/t16-,27+/m0/s1. The van der Waals surface area contributed by atoms with Gasteiger partial charge in [0.05, 0.1) is 12.2 Å². The lowest BCUT2D eigenvalue weighted by atomic mass is 9.82. The lowest BCUT2D eigenvalue weighted by Crippen LogP contribution is -2.48. The number of fused-ring (bicyclic) bond motifs is 1. The molecule has 0 saturated heterocycles. The summed E-state index contributed by atoms with van der Waals surface area (Å²) in [7, 11) is 0. The third-order valence-electron chi connectivity index (χ3n) is 6.56. The zero-order valence-electron chi connectivity index (χ0n) is 21.1. The third kappa shape index (κ3) is 5.61. The van der Waals surface area contributed by atoms with E-state index in [2.05, 4.69) is 5.10 Å². The maximum Gasteiger partial charge on any atom is 0.328 e. The van der Waals surface area contributed by atoms with E-state index in [1.807, 2.05) is 13.8 Å². The highest BCUT2D eigenvalue weighted by Crippen LogP contribution is 2.43.